The molecule has 0 saturated carbocycles. The Kier molecular flexibility index (Phi) is 4.18. The molecule has 1 N–H and O–H groups in total. The molecule has 0 radical (unpaired) electrons. The molecule has 17 heavy (non-hydrogen) atoms. The van der Waals surface area contributed by atoms with Gasteiger partial charge in [0, 0.05) is 3.57 Å². The number of hydrogen-bond acceptors (Lipinski definition) is 1. The molecule has 1 nitrogen and oxygen atoms in total. The van der Waals surface area contributed by atoms with Crippen molar-refractivity contribution in [1.29, 1.82) is 0 Å². The molecule has 0 amide bonds. The van der Waals surface area contributed by atoms with Crippen LogP contribution in [0.2, 0.25) is 0 Å². The topological polar surface area (TPSA) is 12.0 Å². The van der Waals surface area contributed by atoms with Gasteiger partial charge in [0.05, 0.1) is 6.04 Å². The zero-order valence-electron chi connectivity index (χ0n) is 10.1. The lowest BCUT2D eigenvalue weighted by atomic mass is 9.98. The Morgan fingerprint density at radius 3 is 1.82 bits per heavy atom. The van der Waals surface area contributed by atoms with Gasteiger partial charge >= 0.3 is 0 Å². The fourth-order valence-corrected chi connectivity index (χ4v) is 2.30. The number of benzene rings is 2. The van der Waals surface area contributed by atoms with E-state index in [9.17, 15) is 0 Å². The van der Waals surface area contributed by atoms with Crippen LogP contribution in [0.1, 0.15) is 22.7 Å². The van der Waals surface area contributed by atoms with Gasteiger partial charge < -0.3 is 5.32 Å². The zero-order valence-corrected chi connectivity index (χ0v) is 12.2. The molecule has 1 atom stereocenters. The summed E-state index contributed by atoms with van der Waals surface area (Å²) < 4.78 is 1.27. The van der Waals surface area contributed by atoms with Crippen molar-refractivity contribution in [3.8, 4) is 0 Å². The van der Waals surface area contributed by atoms with Crippen LogP contribution in [-0.4, -0.2) is 7.05 Å². The summed E-state index contributed by atoms with van der Waals surface area (Å²) in [7, 11) is 2.00. The summed E-state index contributed by atoms with van der Waals surface area (Å²) in [4.78, 5) is 0. The van der Waals surface area contributed by atoms with E-state index in [1.54, 1.807) is 0 Å². The number of hydrogen-bond donors (Lipinski definition) is 1. The molecule has 0 spiro atoms. The van der Waals surface area contributed by atoms with Crippen LogP contribution in [0.3, 0.4) is 0 Å². The Morgan fingerprint density at radius 1 is 0.882 bits per heavy atom. The van der Waals surface area contributed by atoms with Crippen LogP contribution < -0.4 is 5.32 Å². The molecule has 1 unspecified atom stereocenters. The normalized spacial score (nSPS) is 12.4. The molecule has 2 rings (SSSR count). The van der Waals surface area contributed by atoms with E-state index in [0.29, 0.717) is 0 Å². The largest absolute Gasteiger partial charge is 0.309 e. The molecular formula is C15H16IN. The first-order valence-corrected chi connectivity index (χ1v) is 6.78. The number of aryl methyl sites for hydroxylation is 1. The molecule has 88 valence electrons. The van der Waals surface area contributed by atoms with Crippen LogP contribution in [0.15, 0.2) is 48.5 Å². The Balaban J connectivity index is 2.33. The summed E-state index contributed by atoms with van der Waals surface area (Å²) >= 11 is 2.33. The van der Waals surface area contributed by atoms with Crippen molar-refractivity contribution < 1.29 is 0 Å². The minimum atomic E-state index is 0.271. The number of rotatable bonds is 3. The standard InChI is InChI=1S/C15H16IN/c1-11-3-5-12(6-4-11)15(17-2)13-7-9-14(16)10-8-13/h3-10,15,17H,1-2H3. The summed E-state index contributed by atoms with van der Waals surface area (Å²) in [5, 5.41) is 3.37. The Hall–Kier alpha value is -0.870. The van der Waals surface area contributed by atoms with E-state index in [-0.39, 0.29) is 6.04 Å². The van der Waals surface area contributed by atoms with Gasteiger partial charge in [0.15, 0.2) is 0 Å². The van der Waals surface area contributed by atoms with Crippen LogP contribution in [-0.2, 0) is 0 Å². The molecule has 2 aromatic carbocycles. The van der Waals surface area contributed by atoms with Gasteiger partial charge in [-0.2, -0.15) is 0 Å². The molecule has 0 aliphatic carbocycles. The van der Waals surface area contributed by atoms with Crippen molar-refractivity contribution in [3.63, 3.8) is 0 Å². The SMILES string of the molecule is CNC(c1ccc(C)cc1)c1ccc(I)cc1. The van der Waals surface area contributed by atoms with Crippen molar-refractivity contribution >= 4 is 22.6 Å². The predicted octanol–water partition coefficient (Wildman–Crippen LogP) is 3.91. The van der Waals surface area contributed by atoms with Gasteiger partial charge in [0.2, 0.25) is 0 Å². The van der Waals surface area contributed by atoms with Crippen molar-refractivity contribution in [1.82, 2.24) is 5.32 Å². The van der Waals surface area contributed by atoms with E-state index in [2.05, 4.69) is 83.4 Å². The highest BCUT2D eigenvalue weighted by atomic mass is 127. The van der Waals surface area contributed by atoms with Crippen LogP contribution in [0.4, 0.5) is 0 Å². The predicted molar refractivity (Wildman–Crippen MR) is 81.2 cm³/mol. The maximum Gasteiger partial charge on any atom is 0.0574 e. The van der Waals surface area contributed by atoms with Crippen molar-refractivity contribution in [3.05, 3.63) is 68.8 Å². The zero-order chi connectivity index (χ0) is 12.3. The molecule has 0 aliphatic heterocycles. The molecule has 0 heterocycles. The van der Waals surface area contributed by atoms with Crippen molar-refractivity contribution in [2.24, 2.45) is 0 Å². The van der Waals surface area contributed by atoms with E-state index in [0.717, 1.165) is 0 Å². The maximum absolute atomic E-state index is 3.37. The minimum absolute atomic E-state index is 0.271. The molecule has 0 aliphatic rings. The smallest absolute Gasteiger partial charge is 0.0574 e. The van der Waals surface area contributed by atoms with Crippen LogP contribution in [0, 0.1) is 10.5 Å². The monoisotopic (exact) mass is 337 g/mol. The van der Waals surface area contributed by atoms with E-state index in [1.807, 2.05) is 7.05 Å². The Bertz CT molecular complexity index is 428. The quantitative estimate of drug-likeness (QED) is 0.838. The minimum Gasteiger partial charge on any atom is -0.309 e. The van der Waals surface area contributed by atoms with E-state index >= 15 is 0 Å². The second-order valence-corrected chi connectivity index (χ2v) is 5.43. The first-order chi connectivity index (χ1) is 8.20. The number of nitrogens with one attached hydrogen (secondary N) is 1. The molecule has 0 bridgehead atoms. The third-order valence-electron chi connectivity index (χ3n) is 2.90. The van der Waals surface area contributed by atoms with Gasteiger partial charge in [-0.1, -0.05) is 42.0 Å². The average Bonchev–Trinajstić information content (AvgIpc) is 2.35. The summed E-state index contributed by atoms with van der Waals surface area (Å²) in [6, 6.07) is 17.6. The highest BCUT2D eigenvalue weighted by molar-refractivity contribution is 14.1. The molecule has 2 heteroatoms. The molecule has 0 fully saturated rings. The average molecular weight is 337 g/mol. The highest BCUT2D eigenvalue weighted by Gasteiger charge is 2.10. The summed E-state index contributed by atoms with van der Waals surface area (Å²) in [6.45, 7) is 2.11. The summed E-state index contributed by atoms with van der Waals surface area (Å²) in [5.41, 5.74) is 3.90. The van der Waals surface area contributed by atoms with Crippen LogP contribution in [0.5, 0.6) is 0 Å². The molecular weight excluding hydrogens is 321 g/mol. The highest BCUT2D eigenvalue weighted by Crippen LogP contribution is 2.22. The lowest BCUT2D eigenvalue weighted by Gasteiger charge is -2.17. The van der Waals surface area contributed by atoms with Crippen molar-refractivity contribution in [2.45, 2.75) is 13.0 Å². The summed E-state index contributed by atoms with van der Waals surface area (Å²) in [5.74, 6) is 0. The number of halogens is 1. The van der Waals surface area contributed by atoms with E-state index < -0.39 is 0 Å². The molecule has 0 saturated heterocycles. The Labute approximate surface area is 116 Å². The van der Waals surface area contributed by atoms with Crippen LogP contribution in [0.25, 0.3) is 0 Å². The maximum atomic E-state index is 3.37. The second-order valence-electron chi connectivity index (χ2n) is 4.18. The second kappa shape index (κ2) is 5.65. The van der Waals surface area contributed by atoms with Gasteiger partial charge in [-0.05, 0) is 59.8 Å². The third-order valence-corrected chi connectivity index (χ3v) is 3.62. The van der Waals surface area contributed by atoms with E-state index in [4.69, 9.17) is 0 Å². The molecule has 2 aromatic rings. The summed E-state index contributed by atoms with van der Waals surface area (Å²) in [6.07, 6.45) is 0. The van der Waals surface area contributed by atoms with Gasteiger partial charge in [-0.3, -0.25) is 0 Å². The third kappa shape index (κ3) is 3.07. The first kappa shape index (κ1) is 12.6. The van der Waals surface area contributed by atoms with E-state index in [1.165, 1.54) is 20.3 Å². The van der Waals surface area contributed by atoms with Gasteiger partial charge in [0.25, 0.3) is 0 Å². The molecule has 0 aromatic heterocycles. The fourth-order valence-electron chi connectivity index (χ4n) is 1.94. The van der Waals surface area contributed by atoms with Gasteiger partial charge in [-0.15, -0.1) is 0 Å². The van der Waals surface area contributed by atoms with Gasteiger partial charge in [0.1, 0.15) is 0 Å². The lowest BCUT2D eigenvalue weighted by Crippen LogP contribution is -2.17. The fraction of sp³-hybridized carbons (Fsp3) is 0.200. The van der Waals surface area contributed by atoms with Gasteiger partial charge in [-0.25, -0.2) is 0 Å². The van der Waals surface area contributed by atoms with Crippen molar-refractivity contribution in [2.75, 3.05) is 7.05 Å². The van der Waals surface area contributed by atoms with Crippen LogP contribution >= 0.6 is 22.6 Å². The Morgan fingerprint density at radius 2 is 1.35 bits per heavy atom. The lowest BCUT2D eigenvalue weighted by molar-refractivity contribution is 0.691. The first-order valence-electron chi connectivity index (χ1n) is 5.70.